The van der Waals surface area contributed by atoms with Gasteiger partial charge in [0.1, 0.15) is 6.61 Å². The van der Waals surface area contributed by atoms with Gasteiger partial charge in [-0.3, -0.25) is 4.90 Å². The van der Waals surface area contributed by atoms with Crippen LogP contribution in [0.5, 0.6) is 0 Å². The van der Waals surface area contributed by atoms with Gasteiger partial charge >= 0.3 is 6.09 Å². The fraction of sp³-hybridized carbons (Fsp3) is 0.450. The summed E-state index contributed by atoms with van der Waals surface area (Å²) in [5.74, 6) is 0. The van der Waals surface area contributed by atoms with Crippen molar-refractivity contribution in [2.75, 3.05) is 18.0 Å². The number of cyclic esters (lactones) is 1. The Morgan fingerprint density at radius 2 is 1.96 bits per heavy atom. The van der Waals surface area contributed by atoms with Gasteiger partial charge in [0.05, 0.1) is 10.6 Å². The Bertz CT molecular complexity index is 912. The molecule has 1 aromatic rings. The van der Waals surface area contributed by atoms with Crippen molar-refractivity contribution in [1.82, 2.24) is 4.31 Å². The first-order valence-corrected chi connectivity index (χ1v) is 10.8. The first-order valence-electron chi connectivity index (χ1n) is 9.38. The van der Waals surface area contributed by atoms with E-state index >= 15 is 0 Å². The Morgan fingerprint density at radius 1 is 1.19 bits per heavy atom. The number of nitrogens with zero attached hydrogens (tertiary/aromatic N) is 2. The van der Waals surface area contributed by atoms with E-state index in [1.54, 1.807) is 15.3 Å². The molecule has 7 heteroatoms. The standard InChI is InChI=1S/C20H24N2O4S/c1-15-7-8-19-16(13-15)14-26-20(23)22(19)17-9-11-21(12-10-17)27(24,25)18-5-3-2-4-6-18/h2-3,5,7-8,13,17H,4,6,9-12,14H2,1H3. The number of amides is 1. The quantitative estimate of drug-likeness (QED) is 0.795. The number of ether oxygens (including phenoxy) is 1. The van der Waals surface area contributed by atoms with Gasteiger partial charge in [-0.05, 0) is 44.7 Å². The summed E-state index contributed by atoms with van der Waals surface area (Å²) in [6.07, 6.45) is 7.67. The van der Waals surface area contributed by atoms with Gasteiger partial charge in [0.25, 0.3) is 0 Å². The summed E-state index contributed by atoms with van der Waals surface area (Å²) in [5.41, 5.74) is 3.02. The number of hydrogen-bond donors (Lipinski definition) is 0. The molecule has 0 saturated carbocycles. The molecule has 0 radical (unpaired) electrons. The third kappa shape index (κ3) is 3.41. The van der Waals surface area contributed by atoms with Crippen molar-refractivity contribution in [3.05, 3.63) is 52.5 Å². The van der Waals surface area contributed by atoms with Gasteiger partial charge in [0.2, 0.25) is 10.0 Å². The van der Waals surface area contributed by atoms with Crippen LogP contribution in [-0.2, 0) is 21.4 Å². The lowest BCUT2D eigenvalue weighted by Crippen LogP contribution is -2.50. The maximum Gasteiger partial charge on any atom is 0.414 e. The Morgan fingerprint density at radius 3 is 2.67 bits per heavy atom. The molecule has 0 unspecified atom stereocenters. The number of carbonyl (C=O) groups excluding carboxylic acids is 1. The van der Waals surface area contributed by atoms with Crippen LogP contribution < -0.4 is 4.90 Å². The van der Waals surface area contributed by atoms with Crippen LogP contribution in [0.25, 0.3) is 0 Å². The molecule has 1 saturated heterocycles. The second kappa shape index (κ2) is 7.13. The van der Waals surface area contributed by atoms with E-state index in [1.165, 1.54) is 0 Å². The molecule has 3 aliphatic rings. The SMILES string of the molecule is Cc1ccc2c(c1)COC(=O)N2C1CCN(S(=O)(=O)C2=CC=CCC2)CC1. The molecule has 4 rings (SSSR count). The predicted octanol–water partition coefficient (Wildman–Crippen LogP) is 3.48. The molecular weight excluding hydrogens is 364 g/mol. The molecule has 1 aliphatic carbocycles. The summed E-state index contributed by atoms with van der Waals surface area (Å²) in [7, 11) is -3.41. The molecule has 0 aromatic heterocycles. The van der Waals surface area contributed by atoms with Crippen LogP contribution in [0.3, 0.4) is 0 Å². The molecule has 1 fully saturated rings. The highest BCUT2D eigenvalue weighted by Crippen LogP contribution is 2.33. The highest BCUT2D eigenvalue weighted by atomic mass is 32.2. The molecule has 2 aliphatic heterocycles. The van der Waals surface area contributed by atoms with Crippen molar-refractivity contribution >= 4 is 21.8 Å². The number of aryl methyl sites for hydroxylation is 1. The van der Waals surface area contributed by atoms with E-state index in [-0.39, 0.29) is 12.1 Å². The molecule has 0 bridgehead atoms. The van der Waals surface area contributed by atoms with E-state index in [9.17, 15) is 13.2 Å². The van der Waals surface area contributed by atoms with Crippen molar-refractivity contribution in [3.63, 3.8) is 0 Å². The third-order valence-electron chi connectivity index (χ3n) is 5.48. The van der Waals surface area contributed by atoms with Gasteiger partial charge in [-0.25, -0.2) is 13.2 Å². The second-order valence-corrected chi connectivity index (χ2v) is 9.28. The van der Waals surface area contributed by atoms with Gasteiger partial charge in [-0.1, -0.05) is 29.8 Å². The van der Waals surface area contributed by atoms with E-state index in [0.717, 1.165) is 23.2 Å². The lowest BCUT2D eigenvalue weighted by Gasteiger charge is -2.40. The zero-order chi connectivity index (χ0) is 19.0. The fourth-order valence-electron chi connectivity index (χ4n) is 4.02. The van der Waals surface area contributed by atoms with Crippen LogP contribution in [0.15, 0.2) is 41.3 Å². The van der Waals surface area contributed by atoms with Gasteiger partial charge < -0.3 is 4.74 Å². The minimum absolute atomic E-state index is 0.0501. The number of carbonyl (C=O) groups is 1. The predicted molar refractivity (Wildman–Crippen MR) is 104 cm³/mol. The summed E-state index contributed by atoms with van der Waals surface area (Å²) in [6.45, 7) is 3.14. The summed E-state index contributed by atoms with van der Waals surface area (Å²) >= 11 is 0. The molecular formula is C20H24N2O4S. The van der Waals surface area contributed by atoms with E-state index in [4.69, 9.17) is 4.74 Å². The van der Waals surface area contributed by atoms with Crippen LogP contribution in [0.2, 0.25) is 0 Å². The molecule has 6 nitrogen and oxygen atoms in total. The minimum Gasteiger partial charge on any atom is -0.444 e. The Balaban J connectivity index is 1.51. The number of sulfonamides is 1. The zero-order valence-corrected chi connectivity index (χ0v) is 16.2. The second-order valence-electron chi connectivity index (χ2n) is 7.29. The molecule has 2 heterocycles. The smallest absolute Gasteiger partial charge is 0.414 e. The third-order valence-corrected chi connectivity index (χ3v) is 7.53. The van der Waals surface area contributed by atoms with Crippen LogP contribution in [0.1, 0.15) is 36.8 Å². The van der Waals surface area contributed by atoms with Gasteiger partial charge in [0.15, 0.2) is 0 Å². The van der Waals surface area contributed by atoms with Gasteiger partial charge in [0, 0.05) is 24.7 Å². The maximum atomic E-state index is 12.8. The average molecular weight is 388 g/mol. The summed E-state index contributed by atoms with van der Waals surface area (Å²) in [5, 5.41) is 0. The Hall–Kier alpha value is -2.12. The number of allylic oxidation sites excluding steroid dienone is 4. The normalized spacial score (nSPS) is 21.6. The number of fused-ring (bicyclic) bond motifs is 1. The molecule has 27 heavy (non-hydrogen) atoms. The van der Waals surface area contributed by atoms with Crippen molar-refractivity contribution < 1.29 is 17.9 Å². The first kappa shape index (κ1) is 18.3. The highest BCUT2D eigenvalue weighted by molar-refractivity contribution is 7.93. The molecule has 1 aromatic carbocycles. The lowest BCUT2D eigenvalue weighted by molar-refractivity contribution is 0.136. The van der Waals surface area contributed by atoms with Gasteiger partial charge in [-0.15, -0.1) is 0 Å². The van der Waals surface area contributed by atoms with Crippen LogP contribution in [0, 0.1) is 6.92 Å². The zero-order valence-electron chi connectivity index (χ0n) is 15.4. The van der Waals surface area contributed by atoms with E-state index < -0.39 is 10.0 Å². The fourth-order valence-corrected chi connectivity index (χ4v) is 5.67. The van der Waals surface area contributed by atoms with Crippen molar-refractivity contribution in [3.8, 4) is 0 Å². The van der Waals surface area contributed by atoms with Crippen molar-refractivity contribution in [2.45, 2.75) is 45.3 Å². The van der Waals surface area contributed by atoms with Crippen molar-refractivity contribution in [2.24, 2.45) is 0 Å². The van der Waals surface area contributed by atoms with E-state index in [2.05, 4.69) is 0 Å². The number of hydrogen-bond acceptors (Lipinski definition) is 4. The van der Waals surface area contributed by atoms with E-state index in [1.807, 2.05) is 37.3 Å². The summed E-state index contributed by atoms with van der Waals surface area (Å²) < 4.78 is 32.6. The van der Waals surface area contributed by atoms with Crippen molar-refractivity contribution in [1.29, 1.82) is 0 Å². The summed E-state index contributed by atoms with van der Waals surface area (Å²) in [4.78, 5) is 14.6. The Kier molecular flexibility index (Phi) is 4.82. The number of anilines is 1. The first-order chi connectivity index (χ1) is 13.0. The van der Waals surface area contributed by atoms with E-state index in [0.29, 0.717) is 43.9 Å². The van der Waals surface area contributed by atoms with Crippen LogP contribution in [-0.4, -0.2) is 37.9 Å². The molecule has 0 atom stereocenters. The number of piperidine rings is 1. The Labute approximate surface area is 160 Å². The molecule has 144 valence electrons. The van der Waals surface area contributed by atoms with Gasteiger partial charge in [-0.2, -0.15) is 4.31 Å². The maximum absolute atomic E-state index is 12.8. The summed E-state index contributed by atoms with van der Waals surface area (Å²) in [6, 6.07) is 5.95. The minimum atomic E-state index is -3.41. The number of benzene rings is 1. The topological polar surface area (TPSA) is 66.9 Å². The molecule has 0 N–H and O–H groups in total. The highest BCUT2D eigenvalue weighted by Gasteiger charge is 2.37. The number of rotatable bonds is 3. The molecule has 0 spiro atoms. The van der Waals surface area contributed by atoms with Crippen LogP contribution >= 0.6 is 0 Å². The monoisotopic (exact) mass is 388 g/mol. The lowest BCUT2D eigenvalue weighted by atomic mass is 10.0. The largest absolute Gasteiger partial charge is 0.444 e. The molecule has 1 amide bonds. The van der Waals surface area contributed by atoms with Crippen LogP contribution in [0.4, 0.5) is 10.5 Å². The average Bonchev–Trinajstić information content (AvgIpc) is 2.69.